The Bertz CT molecular complexity index is 1310. The molecule has 2 aromatic carbocycles. The van der Waals surface area contributed by atoms with Crippen LogP contribution in [0.2, 0.25) is 5.02 Å². The van der Waals surface area contributed by atoms with Crippen LogP contribution in [0.3, 0.4) is 0 Å². The summed E-state index contributed by atoms with van der Waals surface area (Å²) in [5.74, 6) is 1.31. The Morgan fingerprint density at radius 1 is 1.16 bits per heavy atom. The number of hydrogen-bond donors (Lipinski definition) is 2. The van der Waals surface area contributed by atoms with Gasteiger partial charge in [-0.1, -0.05) is 35.5 Å². The van der Waals surface area contributed by atoms with Crippen molar-refractivity contribution in [3.8, 4) is 11.5 Å². The van der Waals surface area contributed by atoms with Gasteiger partial charge in [0.25, 0.3) is 0 Å². The molecule has 3 rings (SSSR count). The van der Waals surface area contributed by atoms with Gasteiger partial charge >= 0.3 is 0 Å². The highest BCUT2D eigenvalue weighted by Crippen LogP contribution is 2.28. The van der Waals surface area contributed by atoms with E-state index in [0.717, 1.165) is 10.0 Å². The van der Waals surface area contributed by atoms with Crippen LogP contribution in [0.15, 0.2) is 64.8 Å². The summed E-state index contributed by atoms with van der Waals surface area (Å²) in [6, 6.07) is 10.5. The van der Waals surface area contributed by atoms with Gasteiger partial charge < -0.3 is 24.7 Å². The number of benzene rings is 2. The fraction of sp³-hybridized carbons (Fsp3) is 0.200. The number of ether oxygens (including phenoxy) is 2. The number of nitrogens with one attached hydrogen (secondary N) is 2. The quantitative estimate of drug-likeness (QED) is 0.171. The molecule has 0 saturated heterocycles. The fourth-order valence-electron chi connectivity index (χ4n) is 3.12. The zero-order valence-corrected chi connectivity index (χ0v) is 23.3. The van der Waals surface area contributed by atoms with E-state index in [9.17, 15) is 9.59 Å². The second-order valence-electron chi connectivity index (χ2n) is 7.43. The number of nitrogens with zero attached hydrogens (tertiary/aromatic N) is 3. The highest BCUT2D eigenvalue weighted by atomic mass is 79.9. The molecule has 0 aliphatic rings. The van der Waals surface area contributed by atoms with Gasteiger partial charge in [-0.3, -0.25) is 9.59 Å². The molecule has 2 N–H and O–H groups in total. The summed E-state index contributed by atoms with van der Waals surface area (Å²) in [6.45, 7) is 4.35. The molecule has 0 aliphatic carbocycles. The zero-order valence-electron chi connectivity index (χ0n) is 20.2. The monoisotopic (exact) mass is 605 g/mol. The van der Waals surface area contributed by atoms with Gasteiger partial charge in [0.15, 0.2) is 22.5 Å². The maximum absolute atomic E-state index is 12.4. The van der Waals surface area contributed by atoms with Crippen molar-refractivity contribution in [3.05, 3.63) is 76.0 Å². The van der Waals surface area contributed by atoms with Gasteiger partial charge in [0.05, 0.1) is 31.5 Å². The van der Waals surface area contributed by atoms with Crippen LogP contribution in [0.25, 0.3) is 6.08 Å². The Hall–Kier alpha value is -3.28. The summed E-state index contributed by atoms with van der Waals surface area (Å²) in [5.41, 5.74) is 1.38. The van der Waals surface area contributed by atoms with Crippen molar-refractivity contribution >= 4 is 62.9 Å². The maximum atomic E-state index is 12.4. The van der Waals surface area contributed by atoms with Gasteiger partial charge in [-0.15, -0.1) is 16.8 Å². The van der Waals surface area contributed by atoms with Crippen molar-refractivity contribution in [3.63, 3.8) is 0 Å². The molecule has 0 atom stereocenters. The Morgan fingerprint density at radius 2 is 1.95 bits per heavy atom. The molecule has 9 nitrogen and oxygen atoms in total. The number of carbonyl (C=O) groups is 2. The molecule has 37 heavy (non-hydrogen) atoms. The molecule has 1 heterocycles. The van der Waals surface area contributed by atoms with E-state index < -0.39 is 0 Å². The smallest absolute Gasteiger partial charge is 0.244 e. The molecule has 2 amide bonds. The molecule has 194 valence electrons. The molecule has 3 aromatic rings. The van der Waals surface area contributed by atoms with E-state index >= 15 is 0 Å². The van der Waals surface area contributed by atoms with Gasteiger partial charge in [0.1, 0.15) is 0 Å². The Kier molecular flexibility index (Phi) is 10.6. The molecule has 0 unspecified atom stereocenters. The third-order valence-electron chi connectivity index (χ3n) is 4.90. The average molecular weight is 607 g/mol. The lowest BCUT2D eigenvalue weighted by molar-refractivity contribution is -0.116. The number of rotatable bonds is 12. The lowest BCUT2D eigenvalue weighted by Gasteiger charge is -2.09. The molecule has 0 spiro atoms. The molecule has 0 saturated carbocycles. The number of amides is 2. The van der Waals surface area contributed by atoms with E-state index in [0.29, 0.717) is 39.7 Å². The second kappa shape index (κ2) is 13.9. The Balaban J connectivity index is 1.57. The number of carbonyl (C=O) groups excluding carboxylic acids is 2. The van der Waals surface area contributed by atoms with Gasteiger partial charge in [-0.25, -0.2) is 0 Å². The van der Waals surface area contributed by atoms with Crippen LogP contribution in [0.4, 0.5) is 5.69 Å². The largest absolute Gasteiger partial charge is 0.493 e. The van der Waals surface area contributed by atoms with Crippen molar-refractivity contribution in [1.29, 1.82) is 0 Å². The van der Waals surface area contributed by atoms with E-state index in [1.807, 2.05) is 6.07 Å². The number of halogens is 2. The highest BCUT2D eigenvalue weighted by molar-refractivity contribution is 9.10. The highest BCUT2D eigenvalue weighted by Gasteiger charge is 2.14. The molecule has 0 fully saturated rings. The SMILES string of the molecule is C=CCn1c(CNC(=O)/C=C/c2ccc(OC)c(OC)c2)nnc1SCC(=O)Nc1ccc(Br)c(Cl)c1. The molecule has 12 heteroatoms. The number of methoxy groups -OCH3 is 2. The van der Waals surface area contributed by atoms with Crippen LogP contribution in [0.1, 0.15) is 11.4 Å². The average Bonchev–Trinajstić information content (AvgIpc) is 3.28. The number of hydrogen-bond acceptors (Lipinski definition) is 7. The summed E-state index contributed by atoms with van der Waals surface area (Å²) in [4.78, 5) is 24.8. The first-order chi connectivity index (χ1) is 17.8. The van der Waals surface area contributed by atoms with E-state index in [1.54, 1.807) is 61.3 Å². The topological polar surface area (TPSA) is 107 Å². The number of anilines is 1. The third-order valence-corrected chi connectivity index (χ3v) is 7.10. The fourth-order valence-corrected chi connectivity index (χ4v) is 4.32. The van der Waals surface area contributed by atoms with Crippen LogP contribution in [0.5, 0.6) is 11.5 Å². The minimum Gasteiger partial charge on any atom is -0.493 e. The number of allylic oxidation sites excluding steroid dienone is 1. The zero-order chi connectivity index (χ0) is 26.8. The summed E-state index contributed by atoms with van der Waals surface area (Å²) in [7, 11) is 3.11. The lowest BCUT2D eigenvalue weighted by atomic mass is 10.2. The summed E-state index contributed by atoms with van der Waals surface area (Å²) < 4.78 is 13.0. The van der Waals surface area contributed by atoms with Crippen molar-refractivity contribution in [2.45, 2.75) is 18.2 Å². The van der Waals surface area contributed by atoms with Crippen LogP contribution in [-0.4, -0.2) is 46.6 Å². The molecule has 0 bridgehead atoms. The minimum atomic E-state index is -0.301. The molecular formula is C25H25BrClN5O4S. The molecule has 0 aliphatic heterocycles. The van der Waals surface area contributed by atoms with Crippen molar-refractivity contribution in [1.82, 2.24) is 20.1 Å². The molecular weight excluding hydrogens is 582 g/mol. The number of thioether (sulfide) groups is 1. The van der Waals surface area contributed by atoms with E-state index in [1.165, 1.54) is 17.8 Å². The predicted octanol–water partition coefficient (Wildman–Crippen LogP) is 4.96. The third kappa shape index (κ3) is 8.11. The maximum Gasteiger partial charge on any atom is 0.244 e. The van der Waals surface area contributed by atoms with Crippen LogP contribution < -0.4 is 20.1 Å². The Morgan fingerprint density at radius 3 is 2.65 bits per heavy atom. The van der Waals surface area contributed by atoms with Crippen LogP contribution >= 0.6 is 39.3 Å². The standard InChI is InChI=1S/C25H25BrClN5O4S/c1-4-11-32-22(14-28-23(33)10-6-16-5-9-20(35-2)21(12-16)36-3)30-31-25(32)37-15-24(34)29-17-7-8-18(26)19(27)13-17/h4-10,12-13H,1,11,14-15H2,2-3H3,(H,28,33)(H,29,34)/b10-6+. The minimum absolute atomic E-state index is 0.114. The second-order valence-corrected chi connectivity index (χ2v) is 9.63. The number of aromatic nitrogens is 3. The molecule has 1 aromatic heterocycles. The van der Waals surface area contributed by atoms with Crippen molar-refractivity contribution in [2.75, 3.05) is 25.3 Å². The first-order valence-electron chi connectivity index (χ1n) is 10.9. The van der Waals surface area contributed by atoms with E-state index in [-0.39, 0.29) is 24.1 Å². The predicted molar refractivity (Wildman–Crippen MR) is 149 cm³/mol. The first kappa shape index (κ1) is 28.3. The van der Waals surface area contributed by atoms with Gasteiger partial charge in [0, 0.05) is 22.8 Å². The molecule has 0 radical (unpaired) electrons. The van der Waals surface area contributed by atoms with Crippen LogP contribution in [0, 0.1) is 0 Å². The van der Waals surface area contributed by atoms with Gasteiger partial charge in [-0.2, -0.15) is 0 Å². The normalized spacial score (nSPS) is 10.8. The Labute approximate surface area is 232 Å². The summed E-state index contributed by atoms with van der Waals surface area (Å²) in [6.07, 6.45) is 4.79. The summed E-state index contributed by atoms with van der Waals surface area (Å²) in [5, 5.41) is 15.0. The van der Waals surface area contributed by atoms with Gasteiger partial charge in [-0.05, 0) is 57.9 Å². The van der Waals surface area contributed by atoms with E-state index in [2.05, 4.69) is 43.3 Å². The summed E-state index contributed by atoms with van der Waals surface area (Å²) >= 11 is 10.6. The van der Waals surface area contributed by atoms with Crippen LogP contribution in [-0.2, 0) is 22.7 Å². The van der Waals surface area contributed by atoms with Crippen molar-refractivity contribution in [2.24, 2.45) is 0 Å². The van der Waals surface area contributed by atoms with Crippen molar-refractivity contribution < 1.29 is 19.1 Å². The lowest BCUT2D eigenvalue weighted by Crippen LogP contribution is -2.23. The van der Waals surface area contributed by atoms with Gasteiger partial charge in [0.2, 0.25) is 11.8 Å². The first-order valence-corrected chi connectivity index (χ1v) is 13.1. The van der Waals surface area contributed by atoms with E-state index in [4.69, 9.17) is 21.1 Å².